The number of hydrogen-bond donors (Lipinski definition) is 1. The third kappa shape index (κ3) is 2.60. The van der Waals surface area contributed by atoms with Crippen molar-refractivity contribution in [1.82, 2.24) is 10.2 Å². The van der Waals surface area contributed by atoms with Crippen molar-refractivity contribution in [3.8, 4) is 5.75 Å². The summed E-state index contributed by atoms with van der Waals surface area (Å²) < 4.78 is 11.5. The molecular formula is C20H29N3O2. The number of para-hydroxylation sites is 1. The Morgan fingerprint density at radius 2 is 2.20 bits per heavy atom. The van der Waals surface area contributed by atoms with Gasteiger partial charge in [0.2, 0.25) is 0 Å². The lowest BCUT2D eigenvalue weighted by molar-refractivity contribution is -0.171. The fourth-order valence-corrected chi connectivity index (χ4v) is 5.10. The van der Waals surface area contributed by atoms with Crippen molar-refractivity contribution in [2.24, 2.45) is 16.3 Å². The molecule has 2 aliphatic carbocycles. The summed E-state index contributed by atoms with van der Waals surface area (Å²) in [5.74, 6) is 2.54. The quantitative estimate of drug-likeness (QED) is 0.674. The molecule has 1 saturated heterocycles. The second kappa shape index (κ2) is 6.52. The molecule has 1 N–H and O–H groups in total. The smallest absolute Gasteiger partial charge is 0.193 e. The van der Waals surface area contributed by atoms with E-state index in [0.717, 1.165) is 24.9 Å². The molecule has 3 atom stereocenters. The molecule has 136 valence electrons. The summed E-state index contributed by atoms with van der Waals surface area (Å²) in [5.41, 5.74) is 1.53. The van der Waals surface area contributed by atoms with Crippen molar-refractivity contribution < 1.29 is 9.47 Å². The number of methoxy groups -OCH3 is 1. The van der Waals surface area contributed by atoms with E-state index in [2.05, 4.69) is 34.4 Å². The molecule has 1 spiro atoms. The number of nitrogens with zero attached hydrogens (tertiary/aromatic N) is 2. The average Bonchev–Trinajstić information content (AvgIpc) is 2.99. The largest absolute Gasteiger partial charge is 0.496 e. The summed E-state index contributed by atoms with van der Waals surface area (Å²) in [6, 6.07) is 8.68. The molecule has 25 heavy (non-hydrogen) atoms. The molecule has 1 aromatic carbocycles. The Labute approximate surface area is 150 Å². The van der Waals surface area contributed by atoms with Crippen LogP contribution in [0.2, 0.25) is 0 Å². The molecule has 1 aliphatic heterocycles. The molecule has 1 heterocycles. The maximum Gasteiger partial charge on any atom is 0.193 e. The molecule has 0 aromatic heterocycles. The second-order valence-electron chi connectivity index (χ2n) is 7.67. The lowest BCUT2D eigenvalue weighted by Crippen LogP contribution is -2.72. The molecule has 0 radical (unpaired) electrons. The lowest BCUT2D eigenvalue weighted by atomic mass is 9.46. The topological polar surface area (TPSA) is 46.1 Å². The summed E-state index contributed by atoms with van der Waals surface area (Å²) in [7, 11) is 5.69. The van der Waals surface area contributed by atoms with Gasteiger partial charge in [0.05, 0.1) is 13.2 Å². The summed E-state index contributed by atoms with van der Waals surface area (Å²) in [6.45, 7) is 1.69. The van der Waals surface area contributed by atoms with E-state index in [4.69, 9.17) is 9.47 Å². The first kappa shape index (κ1) is 16.7. The monoisotopic (exact) mass is 343 g/mol. The Kier molecular flexibility index (Phi) is 4.36. The normalized spacial score (nSPS) is 29.6. The first-order valence-electron chi connectivity index (χ1n) is 9.37. The molecule has 4 rings (SSSR count). The molecule has 3 unspecified atom stereocenters. The van der Waals surface area contributed by atoms with Crippen molar-refractivity contribution >= 4 is 5.96 Å². The Bertz CT molecular complexity index is 656. The fourth-order valence-electron chi connectivity index (χ4n) is 5.10. The minimum atomic E-state index is 0.363. The van der Waals surface area contributed by atoms with Gasteiger partial charge in [-0.05, 0) is 25.3 Å². The molecule has 3 aliphatic rings. The van der Waals surface area contributed by atoms with Gasteiger partial charge in [-0.2, -0.15) is 0 Å². The number of hydrogen-bond acceptors (Lipinski definition) is 3. The van der Waals surface area contributed by atoms with Crippen LogP contribution in [0.1, 0.15) is 31.2 Å². The zero-order valence-electron chi connectivity index (χ0n) is 15.5. The third-order valence-electron chi connectivity index (χ3n) is 6.49. The van der Waals surface area contributed by atoms with Crippen LogP contribution in [0.15, 0.2) is 29.3 Å². The van der Waals surface area contributed by atoms with Gasteiger partial charge in [0.1, 0.15) is 5.75 Å². The van der Waals surface area contributed by atoms with Gasteiger partial charge in [-0.25, -0.2) is 0 Å². The maximum atomic E-state index is 6.03. The fraction of sp³-hybridized carbons (Fsp3) is 0.650. The number of benzene rings is 1. The summed E-state index contributed by atoms with van der Waals surface area (Å²) in [6.07, 6.45) is 5.58. The van der Waals surface area contributed by atoms with Crippen molar-refractivity contribution in [2.45, 2.75) is 44.4 Å². The molecule has 5 nitrogen and oxygen atoms in total. The highest BCUT2D eigenvalue weighted by Gasteiger charge is 2.66. The van der Waals surface area contributed by atoms with Crippen molar-refractivity contribution in [3.63, 3.8) is 0 Å². The van der Waals surface area contributed by atoms with Crippen LogP contribution in [-0.4, -0.2) is 50.8 Å². The van der Waals surface area contributed by atoms with Crippen LogP contribution in [0, 0.1) is 11.3 Å². The van der Waals surface area contributed by atoms with E-state index in [1.807, 2.05) is 19.2 Å². The first-order valence-corrected chi connectivity index (χ1v) is 9.37. The standard InChI is InChI=1S/C20H29N3O2/c1-21-19(23(2)13-14-7-4-5-8-16(14)24-3)22-17-15-9-12-25-18(15)20(17)10-6-11-20/h4-5,7-8,15,17-18H,6,9-13H2,1-3H3,(H,21,22). The van der Waals surface area contributed by atoms with Crippen LogP contribution in [0.5, 0.6) is 5.75 Å². The predicted molar refractivity (Wildman–Crippen MR) is 98.9 cm³/mol. The Morgan fingerprint density at radius 1 is 1.40 bits per heavy atom. The van der Waals surface area contributed by atoms with Gasteiger partial charge < -0.3 is 19.7 Å². The predicted octanol–water partition coefficient (Wildman–Crippen LogP) is 2.66. The zero-order chi connectivity index (χ0) is 17.4. The minimum absolute atomic E-state index is 0.363. The van der Waals surface area contributed by atoms with E-state index >= 15 is 0 Å². The molecular weight excluding hydrogens is 314 g/mol. The number of rotatable bonds is 4. The molecule has 5 heteroatoms. The number of fused-ring (bicyclic) bond motifs is 2. The van der Waals surface area contributed by atoms with Gasteiger partial charge in [-0.15, -0.1) is 0 Å². The van der Waals surface area contributed by atoms with Crippen molar-refractivity contribution in [1.29, 1.82) is 0 Å². The van der Waals surface area contributed by atoms with E-state index in [9.17, 15) is 0 Å². The van der Waals surface area contributed by atoms with Crippen LogP contribution < -0.4 is 10.1 Å². The number of nitrogens with one attached hydrogen (secondary N) is 1. The van der Waals surface area contributed by atoms with E-state index in [0.29, 0.717) is 23.5 Å². The molecule has 1 aromatic rings. The van der Waals surface area contributed by atoms with E-state index in [1.54, 1.807) is 7.11 Å². The highest BCUT2D eigenvalue weighted by Crippen LogP contribution is 2.62. The van der Waals surface area contributed by atoms with Crippen molar-refractivity contribution in [2.75, 3.05) is 27.8 Å². The molecule has 2 saturated carbocycles. The van der Waals surface area contributed by atoms with Crippen LogP contribution in [0.3, 0.4) is 0 Å². The van der Waals surface area contributed by atoms with Crippen LogP contribution in [-0.2, 0) is 11.3 Å². The Hall–Kier alpha value is -1.75. The summed E-state index contributed by atoms with van der Waals surface area (Å²) in [4.78, 5) is 6.74. The van der Waals surface area contributed by atoms with E-state index in [1.165, 1.54) is 31.2 Å². The first-order chi connectivity index (χ1) is 12.2. The van der Waals surface area contributed by atoms with Gasteiger partial charge in [0, 0.05) is 50.2 Å². The third-order valence-corrected chi connectivity index (χ3v) is 6.49. The van der Waals surface area contributed by atoms with E-state index in [-0.39, 0.29) is 0 Å². The number of aliphatic imine (C=N–C) groups is 1. The number of guanidine groups is 1. The molecule has 0 amide bonds. The average molecular weight is 343 g/mol. The van der Waals surface area contributed by atoms with Crippen molar-refractivity contribution in [3.05, 3.63) is 29.8 Å². The zero-order valence-corrected chi connectivity index (χ0v) is 15.5. The minimum Gasteiger partial charge on any atom is -0.496 e. The Balaban J connectivity index is 1.45. The number of ether oxygens (including phenoxy) is 2. The van der Waals surface area contributed by atoms with Crippen LogP contribution >= 0.6 is 0 Å². The molecule has 3 fully saturated rings. The van der Waals surface area contributed by atoms with Gasteiger partial charge in [-0.1, -0.05) is 24.6 Å². The van der Waals surface area contributed by atoms with Crippen LogP contribution in [0.25, 0.3) is 0 Å². The lowest BCUT2D eigenvalue weighted by Gasteiger charge is -2.63. The summed E-state index contributed by atoms with van der Waals surface area (Å²) >= 11 is 0. The molecule has 0 bridgehead atoms. The Morgan fingerprint density at radius 3 is 2.88 bits per heavy atom. The highest BCUT2D eigenvalue weighted by molar-refractivity contribution is 5.80. The van der Waals surface area contributed by atoms with Crippen LogP contribution in [0.4, 0.5) is 0 Å². The summed E-state index contributed by atoms with van der Waals surface area (Å²) in [5, 5.41) is 3.78. The second-order valence-corrected chi connectivity index (χ2v) is 7.67. The van der Waals surface area contributed by atoms with Gasteiger partial charge >= 0.3 is 0 Å². The van der Waals surface area contributed by atoms with Gasteiger partial charge in [-0.3, -0.25) is 4.99 Å². The van der Waals surface area contributed by atoms with E-state index < -0.39 is 0 Å². The SMILES string of the molecule is CN=C(NC1C2CCOC2C12CCC2)N(C)Cc1ccccc1OC. The maximum absolute atomic E-state index is 6.03. The van der Waals surface area contributed by atoms with Gasteiger partial charge in [0.25, 0.3) is 0 Å². The highest BCUT2D eigenvalue weighted by atomic mass is 16.5. The van der Waals surface area contributed by atoms with Gasteiger partial charge in [0.15, 0.2) is 5.96 Å².